The van der Waals surface area contributed by atoms with Crippen LogP contribution in [0.25, 0.3) is 21.3 Å². The molecule has 2 aromatic heterocycles. The number of thiophene rings is 1. The van der Waals surface area contributed by atoms with Gasteiger partial charge in [-0.15, -0.1) is 11.3 Å². The summed E-state index contributed by atoms with van der Waals surface area (Å²) < 4.78 is 6.76. The fraction of sp³-hybridized carbons (Fsp3) is 0.381. The lowest BCUT2D eigenvalue weighted by Gasteiger charge is -2.17. The smallest absolute Gasteiger partial charge is 0.329 e. The Labute approximate surface area is 162 Å². The molecule has 0 spiro atoms. The molecule has 0 bridgehead atoms. The van der Waals surface area contributed by atoms with Crippen molar-refractivity contribution in [3.8, 4) is 11.1 Å². The Hall–Kier alpha value is -2.47. The number of carbonyl (C=O) groups excluding carboxylic acids is 1. The van der Waals surface area contributed by atoms with Crippen LogP contribution < -0.4 is 5.56 Å². The molecule has 0 saturated heterocycles. The SMILES string of the molecule is CCC(C)OC(=O)C(C)n1cnc2sc(C)c(-c3ccc(C)cc3)c2c1=O. The molecule has 27 heavy (non-hydrogen) atoms. The molecular weight excluding hydrogens is 360 g/mol. The van der Waals surface area contributed by atoms with Crippen LogP contribution in [0, 0.1) is 13.8 Å². The van der Waals surface area contributed by atoms with E-state index >= 15 is 0 Å². The lowest BCUT2D eigenvalue weighted by molar-refractivity contribution is -0.152. The molecule has 1 aromatic carbocycles. The van der Waals surface area contributed by atoms with Gasteiger partial charge in [-0.2, -0.15) is 0 Å². The van der Waals surface area contributed by atoms with Crippen LogP contribution in [-0.2, 0) is 9.53 Å². The number of aromatic nitrogens is 2. The first-order chi connectivity index (χ1) is 12.8. The lowest BCUT2D eigenvalue weighted by Crippen LogP contribution is -2.31. The quantitative estimate of drug-likeness (QED) is 0.601. The van der Waals surface area contributed by atoms with E-state index < -0.39 is 12.0 Å². The summed E-state index contributed by atoms with van der Waals surface area (Å²) in [6.45, 7) is 9.48. The van der Waals surface area contributed by atoms with Crippen molar-refractivity contribution in [3.63, 3.8) is 0 Å². The molecular formula is C21H24N2O3S. The van der Waals surface area contributed by atoms with Gasteiger partial charge in [-0.05, 0) is 39.7 Å². The third-order valence-electron chi connectivity index (χ3n) is 4.80. The maximum atomic E-state index is 13.2. The zero-order valence-electron chi connectivity index (χ0n) is 16.3. The zero-order valence-corrected chi connectivity index (χ0v) is 17.1. The van der Waals surface area contributed by atoms with Gasteiger partial charge in [0.2, 0.25) is 0 Å². The molecule has 0 aliphatic heterocycles. The van der Waals surface area contributed by atoms with Crippen LogP contribution in [0.3, 0.4) is 0 Å². The van der Waals surface area contributed by atoms with E-state index in [1.165, 1.54) is 22.2 Å². The molecule has 142 valence electrons. The summed E-state index contributed by atoms with van der Waals surface area (Å²) in [6, 6.07) is 7.36. The number of benzene rings is 1. The van der Waals surface area contributed by atoms with Gasteiger partial charge >= 0.3 is 5.97 Å². The molecule has 2 heterocycles. The van der Waals surface area contributed by atoms with Gasteiger partial charge in [0.05, 0.1) is 17.8 Å². The third-order valence-corrected chi connectivity index (χ3v) is 5.82. The Balaban J connectivity index is 2.11. The van der Waals surface area contributed by atoms with E-state index in [-0.39, 0.29) is 11.7 Å². The summed E-state index contributed by atoms with van der Waals surface area (Å²) in [7, 11) is 0. The molecule has 0 amide bonds. The molecule has 0 saturated carbocycles. The molecule has 0 aliphatic carbocycles. The molecule has 0 fully saturated rings. The predicted octanol–water partition coefficient (Wildman–Crippen LogP) is 4.64. The number of ether oxygens (including phenoxy) is 1. The molecule has 0 N–H and O–H groups in total. The first-order valence-electron chi connectivity index (χ1n) is 9.11. The van der Waals surface area contributed by atoms with Crippen molar-refractivity contribution < 1.29 is 9.53 Å². The van der Waals surface area contributed by atoms with Crippen LogP contribution in [0.5, 0.6) is 0 Å². The standard InChI is InChI=1S/C21H24N2O3S/c1-6-13(3)26-21(25)14(4)23-11-22-19-18(20(23)24)17(15(5)27-19)16-9-7-12(2)8-10-16/h7-11,13-14H,6H2,1-5H3. The van der Waals surface area contributed by atoms with Gasteiger partial charge in [-0.1, -0.05) is 36.8 Å². The van der Waals surface area contributed by atoms with E-state index in [1.54, 1.807) is 6.92 Å². The van der Waals surface area contributed by atoms with Crippen LogP contribution in [-0.4, -0.2) is 21.6 Å². The van der Waals surface area contributed by atoms with E-state index in [9.17, 15) is 9.59 Å². The normalized spacial score (nSPS) is 13.5. The fourth-order valence-corrected chi connectivity index (χ4v) is 3.96. The second-order valence-corrected chi connectivity index (χ2v) is 8.07. The van der Waals surface area contributed by atoms with Gasteiger partial charge in [-0.25, -0.2) is 9.78 Å². The van der Waals surface area contributed by atoms with Gasteiger partial charge in [0.15, 0.2) is 0 Å². The monoisotopic (exact) mass is 384 g/mol. The van der Waals surface area contributed by atoms with Crippen molar-refractivity contribution in [3.05, 3.63) is 51.4 Å². The summed E-state index contributed by atoms with van der Waals surface area (Å²) in [5.74, 6) is -0.420. The van der Waals surface area contributed by atoms with Crippen molar-refractivity contribution in [1.82, 2.24) is 9.55 Å². The number of hydrogen-bond acceptors (Lipinski definition) is 5. The fourth-order valence-electron chi connectivity index (χ4n) is 2.95. The highest BCUT2D eigenvalue weighted by molar-refractivity contribution is 7.19. The Morgan fingerprint density at radius 3 is 2.52 bits per heavy atom. The van der Waals surface area contributed by atoms with E-state index in [1.807, 2.05) is 52.0 Å². The van der Waals surface area contributed by atoms with Crippen molar-refractivity contribution in [2.75, 3.05) is 0 Å². The van der Waals surface area contributed by atoms with Crippen LogP contribution >= 0.6 is 11.3 Å². The van der Waals surface area contributed by atoms with E-state index in [2.05, 4.69) is 4.98 Å². The molecule has 6 heteroatoms. The number of aryl methyl sites for hydroxylation is 2. The molecule has 3 rings (SSSR count). The van der Waals surface area contributed by atoms with Gasteiger partial charge in [0.25, 0.3) is 5.56 Å². The minimum Gasteiger partial charge on any atom is -0.461 e. The number of carbonyl (C=O) groups is 1. The van der Waals surface area contributed by atoms with Crippen LogP contribution in [0.4, 0.5) is 0 Å². The highest BCUT2D eigenvalue weighted by Gasteiger charge is 2.23. The first-order valence-corrected chi connectivity index (χ1v) is 9.92. The van der Waals surface area contributed by atoms with Gasteiger partial charge in [0, 0.05) is 10.4 Å². The summed E-state index contributed by atoms with van der Waals surface area (Å²) in [4.78, 5) is 31.8. The molecule has 2 atom stereocenters. The first kappa shape index (κ1) is 19.3. The zero-order chi connectivity index (χ0) is 19.7. The second kappa shape index (κ2) is 7.64. The summed E-state index contributed by atoms with van der Waals surface area (Å²) >= 11 is 1.49. The Morgan fingerprint density at radius 2 is 1.89 bits per heavy atom. The maximum absolute atomic E-state index is 13.2. The Kier molecular flexibility index (Phi) is 5.46. The predicted molar refractivity (Wildman–Crippen MR) is 109 cm³/mol. The Bertz CT molecular complexity index is 1030. The maximum Gasteiger partial charge on any atom is 0.329 e. The summed E-state index contributed by atoms with van der Waals surface area (Å²) in [5.41, 5.74) is 2.82. The summed E-state index contributed by atoms with van der Waals surface area (Å²) in [5, 5.41) is 0.562. The van der Waals surface area contributed by atoms with Crippen molar-refractivity contribution in [2.45, 2.75) is 53.2 Å². The van der Waals surface area contributed by atoms with Crippen molar-refractivity contribution in [2.24, 2.45) is 0 Å². The van der Waals surface area contributed by atoms with E-state index in [0.717, 1.165) is 28.0 Å². The molecule has 5 nitrogen and oxygen atoms in total. The summed E-state index contributed by atoms with van der Waals surface area (Å²) in [6.07, 6.45) is 1.99. The molecule has 2 unspecified atom stereocenters. The van der Waals surface area contributed by atoms with Gasteiger partial charge < -0.3 is 4.74 Å². The number of hydrogen-bond donors (Lipinski definition) is 0. The van der Waals surface area contributed by atoms with Crippen molar-refractivity contribution in [1.29, 1.82) is 0 Å². The van der Waals surface area contributed by atoms with Crippen LogP contribution in [0.15, 0.2) is 35.4 Å². The number of rotatable bonds is 5. The minimum atomic E-state index is -0.727. The lowest BCUT2D eigenvalue weighted by atomic mass is 10.0. The second-order valence-electron chi connectivity index (χ2n) is 6.87. The van der Waals surface area contributed by atoms with Crippen molar-refractivity contribution >= 4 is 27.5 Å². The van der Waals surface area contributed by atoms with Gasteiger partial charge in [0.1, 0.15) is 10.9 Å². The number of fused-ring (bicyclic) bond motifs is 1. The highest BCUT2D eigenvalue weighted by atomic mass is 32.1. The number of esters is 1. The molecule has 0 radical (unpaired) electrons. The van der Waals surface area contributed by atoms with Crippen LogP contribution in [0.1, 0.15) is 43.7 Å². The average molecular weight is 385 g/mol. The topological polar surface area (TPSA) is 61.2 Å². The minimum absolute atomic E-state index is 0.182. The molecule has 0 aliphatic rings. The van der Waals surface area contributed by atoms with E-state index in [0.29, 0.717) is 10.2 Å². The van der Waals surface area contributed by atoms with E-state index in [4.69, 9.17) is 4.74 Å². The largest absolute Gasteiger partial charge is 0.461 e. The van der Waals surface area contributed by atoms with Crippen LogP contribution in [0.2, 0.25) is 0 Å². The highest BCUT2D eigenvalue weighted by Crippen LogP contribution is 2.35. The molecule has 3 aromatic rings. The average Bonchev–Trinajstić information content (AvgIpc) is 2.99. The Morgan fingerprint density at radius 1 is 1.22 bits per heavy atom. The third kappa shape index (κ3) is 3.67. The number of nitrogens with zero attached hydrogens (tertiary/aromatic N) is 2. The van der Waals surface area contributed by atoms with Gasteiger partial charge in [-0.3, -0.25) is 9.36 Å².